The highest BCUT2D eigenvalue weighted by atomic mass is 16.5. The first-order valence-corrected chi connectivity index (χ1v) is 6.22. The van der Waals surface area contributed by atoms with Gasteiger partial charge in [-0.2, -0.15) is 0 Å². The molecule has 0 saturated carbocycles. The molecular weight excluding hydrogens is 248 g/mol. The number of H-pyrrole nitrogens is 1. The molecule has 1 heterocycles. The summed E-state index contributed by atoms with van der Waals surface area (Å²) in [6, 6.07) is 4.34. The average Bonchev–Trinajstić information content (AvgIpc) is 2.37. The SMILES string of the molecule is CCCN(CC(=O)OCC)C(=O)c1cccc(=O)[nH]1. The summed E-state index contributed by atoms with van der Waals surface area (Å²) in [5.74, 6) is -0.838. The van der Waals surface area contributed by atoms with Crippen LogP contribution in [0.4, 0.5) is 0 Å². The first-order valence-electron chi connectivity index (χ1n) is 6.22. The van der Waals surface area contributed by atoms with Crippen molar-refractivity contribution < 1.29 is 14.3 Å². The van der Waals surface area contributed by atoms with E-state index in [1.165, 1.54) is 23.1 Å². The maximum atomic E-state index is 12.2. The van der Waals surface area contributed by atoms with Crippen molar-refractivity contribution >= 4 is 11.9 Å². The standard InChI is InChI=1S/C13H18N2O4/c1-3-8-15(9-12(17)19-4-2)13(18)10-6-5-7-11(16)14-10/h5-7H,3-4,8-9H2,1-2H3,(H,14,16). The van der Waals surface area contributed by atoms with Crippen LogP contribution >= 0.6 is 0 Å². The van der Waals surface area contributed by atoms with Gasteiger partial charge < -0.3 is 14.6 Å². The predicted molar refractivity (Wildman–Crippen MR) is 69.9 cm³/mol. The van der Waals surface area contributed by atoms with Crippen LogP contribution in [0, 0.1) is 0 Å². The van der Waals surface area contributed by atoms with Crippen LogP contribution < -0.4 is 5.56 Å². The van der Waals surface area contributed by atoms with Crippen LogP contribution in [-0.2, 0) is 9.53 Å². The molecule has 6 nitrogen and oxygen atoms in total. The number of hydrogen-bond donors (Lipinski definition) is 1. The van der Waals surface area contributed by atoms with Crippen molar-refractivity contribution in [3.05, 3.63) is 34.2 Å². The van der Waals surface area contributed by atoms with Crippen molar-refractivity contribution in [1.29, 1.82) is 0 Å². The molecule has 0 aliphatic heterocycles. The maximum Gasteiger partial charge on any atom is 0.325 e. The molecule has 1 aromatic rings. The van der Waals surface area contributed by atoms with Gasteiger partial charge in [-0.1, -0.05) is 13.0 Å². The third-order valence-electron chi connectivity index (χ3n) is 2.40. The zero-order valence-electron chi connectivity index (χ0n) is 11.1. The lowest BCUT2D eigenvalue weighted by atomic mass is 10.3. The van der Waals surface area contributed by atoms with Crippen molar-refractivity contribution in [1.82, 2.24) is 9.88 Å². The number of aromatic amines is 1. The van der Waals surface area contributed by atoms with Gasteiger partial charge in [-0.25, -0.2) is 0 Å². The molecule has 6 heteroatoms. The normalized spacial score (nSPS) is 10.0. The summed E-state index contributed by atoms with van der Waals surface area (Å²) < 4.78 is 4.82. The zero-order valence-corrected chi connectivity index (χ0v) is 11.1. The van der Waals surface area contributed by atoms with Crippen LogP contribution in [0.3, 0.4) is 0 Å². The van der Waals surface area contributed by atoms with E-state index in [1.54, 1.807) is 6.92 Å². The lowest BCUT2D eigenvalue weighted by molar-refractivity contribution is -0.143. The molecule has 0 unspecified atom stereocenters. The molecular formula is C13H18N2O4. The minimum Gasteiger partial charge on any atom is -0.465 e. The van der Waals surface area contributed by atoms with E-state index in [9.17, 15) is 14.4 Å². The minimum absolute atomic E-state index is 0.114. The van der Waals surface area contributed by atoms with Gasteiger partial charge in [0.2, 0.25) is 5.56 Å². The monoisotopic (exact) mass is 266 g/mol. The quantitative estimate of drug-likeness (QED) is 0.772. The van der Waals surface area contributed by atoms with Gasteiger partial charge in [-0.3, -0.25) is 14.4 Å². The van der Waals surface area contributed by atoms with Crippen LogP contribution in [0.1, 0.15) is 30.8 Å². The molecule has 0 spiro atoms. The summed E-state index contributed by atoms with van der Waals surface area (Å²) >= 11 is 0. The molecule has 0 atom stereocenters. The number of aromatic nitrogens is 1. The van der Waals surface area contributed by atoms with E-state index in [0.717, 1.165) is 0 Å². The second-order valence-corrected chi connectivity index (χ2v) is 3.96. The lowest BCUT2D eigenvalue weighted by Crippen LogP contribution is -2.38. The Morgan fingerprint density at radius 2 is 2.05 bits per heavy atom. The molecule has 0 fully saturated rings. The number of carbonyl (C=O) groups is 2. The molecule has 0 radical (unpaired) electrons. The van der Waals surface area contributed by atoms with E-state index in [1.807, 2.05) is 6.92 Å². The van der Waals surface area contributed by atoms with Gasteiger partial charge >= 0.3 is 5.97 Å². The summed E-state index contributed by atoms with van der Waals surface area (Å²) in [6.45, 7) is 4.19. The molecule has 1 N–H and O–H groups in total. The van der Waals surface area contributed by atoms with Crippen molar-refractivity contribution in [2.45, 2.75) is 20.3 Å². The number of carbonyl (C=O) groups excluding carboxylic acids is 2. The minimum atomic E-state index is -0.456. The van der Waals surface area contributed by atoms with Gasteiger partial charge in [0, 0.05) is 12.6 Å². The Bertz CT molecular complexity index is 495. The Balaban J connectivity index is 2.83. The van der Waals surface area contributed by atoms with Gasteiger partial charge in [0.05, 0.1) is 6.61 Å². The van der Waals surface area contributed by atoms with E-state index < -0.39 is 5.97 Å². The van der Waals surface area contributed by atoms with Gasteiger partial charge in [-0.15, -0.1) is 0 Å². The van der Waals surface area contributed by atoms with Gasteiger partial charge in [0.1, 0.15) is 12.2 Å². The number of nitrogens with one attached hydrogen (secondary N) is 1. The van der Waals surface area contributed by atoms with Crippen LogP contribution in [0.2, 0.25) is 0 Å². The zero-order chi connectivity index (χ0) is 14.3. The highest BCUT2D eigenvalue weighted by Crippen LogP contribution is 2.02. The smallest absolute Gasteiger partial charge is 0.325 e. The fourth-order valence-corrected chi connectivity index (χ4v) is 1.63. The Hall–Kier alpha value is -2.11. The molecule has 0 aliphatic carbocycles. The molecule has 1 amide bonds. The third kappa shape index (κ3) is 4.57. The van der Waals surface area contributed by atoms with Crippen molar-refractivity contribution in [3.8, 4) is 0 Å². The largest absolute Gasteiger partial charge is 0.465 e. The van der Waals surface area contributed by atoms with E-state index in [4.69, 9.17) is 4.74 Å². The van der Waals surface area contributed by atoms with E-state index in [-0.39, 0.29) is 30.3 Å². The lowest BCUT2D eigenvalue weighted by Gasteiger charge is -2.20. The van der Waals surface area contributed by atoms with Crippen molar-refractivity contribution in [2.24, 2.45) is 0 Å². The Kier molecular flexibility index (Phi) is 5.78. The number of pyridine rings is 1. The third-order valence-corrected chi connectivity index (χ3v) is 2.40. The van der Waals surface area contributed by atoms with Crippen LogP contribution in [0.5, 0.6) is 0 Å². The first kappa shape index (κ1) is 14.9. The van der Waals surface area contributed by atoms with Crippen LogP contribution in [0.25, 0.3) is 0 Å². The van der Waals surface area contributed by atoms with Crippen molar-refractivity contribution in [2.75, 3.05) is 19.7 Å². The van der Waals surface area contributed by atoms with Crippen molar-refractivity contribution in [3.63, 3.8) is 0 Å². The molecule has 0 bridgehead atoms. The fourth-order valence-electron chi connectivity index (χ4n) is 1.63. The highest BCUT2D eigenvalue weighted by molar-refractivity contribution is 5.94. The number of nitrogens with zero attached hydrogens (tertiary/aromatic N) is 1. The maximum absolute atomic E-state index is 12.2. The predicted octanol–water partition coefficient (Wildman–Crippen LogP) is 0.790. The number of rotatable bonds is 6. The number of amides is 1. The van der Waals surface area contributed by atoms with E-state index >= 15 is 0 Å². The number of hydrogen-bond acceptors (Lipinski definition) is 4. The van der Waals surface area contributed by atoms with Gasteiger partial charge in [0.15, 0.2) is 0 Å². The Labute approximate surface area is 111 Å². The van der Waals surface area contributed by atoms with Crippen LogP contribution in [-0.4, -0.2) is 41.5 Å². The average molecular weight is 266 g/mol. The molecule has 1 aromatic heterocycles. The summed E-state index contributed by atoms with van der Waals surface area (Å²) in [5, 5.41) is 0. The van der Waals surface area contributed by atoms with Crippen LogP contribution in [0.15, 0.2) is 23.0 Å². The Morgan fingerprint density at radius 1 is 1.32 bits per heavy atom. The first-order chi connectivity index (χ1) is 9.08. The van der Waals surface area contributed by atoms with Gasteiger partial charge in [-0.05, 0) is 19.4 Å². The van der Waals surface area contributed by atoms with E-state index in [2.05, 4.69) is 4.98 Å². The second kappa shape index (κ2) is 7.35. The Morgan fingerprint density at radius 3 is 2.63 bits per heavy atom. The summed E-state index contributed by atoms with van der Waals surface area (Å²) in [6.07, 6.45) is 0.711. The molecule has 19 heavy (non-hydrogen) atoms. The number of esters is 1. The van der Waals surface area contributed by atoms with E-state index in [0.29, 0.717) is 13.0 Å². The molecule has 104 valence electrons. The number of ether oxygens (including phenoxy) is 1. The summed E-state index contributed by atoms with van der Waals surface area (Å²) in [5.41, 5.74) is -0.177. The van der Waals surface area contributed by atoms with Gasteiger partial charge in [0.25, 0.3) is 5.91 Å². The fraction of sp³-hybridized carbons (Fsp3) is 0.462. The highest BCUT2D eigenvalue weighted by Gasteiger charge is 2.19. The topological polar surface area (TPSA) is 79.5 Å². The molecule has 0 saturated heterocycles. The summed E-state index contributed by atoms with van der Waals surface area (Å²) in [4.78, 5) is 38.6. The second-order valence-electron chi connectivity index (χ2n) is 3.96. The summed E-state index contributed by atoms with van der Waals surface area (Å²) in [7, 11) is 0. The molecule has 0 aliphatic rings. The molecule has 0 aromatic carbocycles. The molecule has 1 rings (SSSR count).